The summed E-state index contributed by atoms with van der Waals surface area (Å²) in [6, 6.07) is 12.7. The number of nitrogens with one attached hydrogen (secondary N) is 1. The van der Waals surface area contributed by atoms with E-state index in [0.717, 1.165) is 42.9 Å². The Morgan fingerprint density at radius 3 is 2.62 bits per heavy atom. The van der Waals surface area contributed by atoms with Crippen molar-refractivity contribution in [2.75, 3.05) is 24.5 Å². The van der Waals surface area contributed by atoms with Crippen LogP contribution >= 0.6 is 11.6 Å². The van der Waals surface area contributed by atoms with Gasteiger partial charge in [0.05, 0.1) is 12.1 Å². The Morgan fingerprint density at radius 2 is 1.95 bits per heavy atom. The molecule has 1 amide bonds. The highest BCUT2D eigenvalue weighted by molar-refractivity contribution is 6.28. The van der Waals surface area contributed by atoms with Crippen molar-refractivity contribution in [3.8, 4) is 11.5 Å². The lowest BCUT2D eigenvalue weighted by molar-refractivity contribution is 0.0945. The summed E-state index contributed by atoms with van der Waals surface area (Å²) < 4.78 is 6.09. The van der Waals surface area contributed by atoms with Crippen LogP contribution in [0, 0.1) is 12.5 Å². The molecule has 188 valence electrons. The molecule has 1 aliphatic rings. The third-order valence-corrected chi connectivity index (χ3v) is 6.93. The molecule has 3 heterocycles. The van der Waals surface area contributed by atoms with E-state index in [1.165, 1.54) is 0 Å². The average molecular weight is 515 g/mol. The van der Waals surface area contributed by atoms with Gasteiger partial charge in [0.2, 0.25) is 11.2 Å². The number of aromatic nitrogens is 3. The maximum Gasteiger partial charge on any atom is 0.251 e. The molecule has 1 N–H and O–H groups in total. The van der Waals surface area contributed by atoms with E-state index in [4.69, 9.17) is 22.6 Å². The fourth-order valence-electron chi connectivity index (χ4n) is 4.63. The van der Waals surface area contributed by atoms with E-state index in [2.05, 4.69) is 43.9 Å². The van der Waals surface area contributed by atoms with Crippen LogP contribution in [-0.2, 0) is 0 Å². The normalized spacial score (nSPS) is 14.2. The van der Waals surface area contributed by atoms with Gasteiger partial charge >= 0.3 is 0 Å². The van der Waals surface area contributed by atoms with Crippen molar-refractivity contribution in [1.82, 2.24) is 20.3 Å². The standard InChI is InChI=1S/C28H27ClN6O2/c1-17(2)22-14-21(30-3)15-23-25(22)37-27(33-23)20-6-4-19(5-7-20)26(36)32-16-18-9-12-35(13-10-18)24-8-11-31-28(29)34-24/h4-8,11,14-15,17-18H,9-10,12-13,16H2,1-2H3,(H,32,36). The molecular formula is C28H27ClN6O2. The van der Waals surface area contributed by atoms with E-state index in [-0.39, 0.29) is 17.1 Å². The molecule has 1 saturated heterocycles. The van der Waals surface area contributed by atoms with Crippen molar-refractivity contribution in [3.63, 3.8) is 0 Å². The molecule has 0 atom stereocenters. The third-order valence-electron chi connectivity index (χ3n) is 6.75. The third kappa shape index (κ3) is 5.42. The summed E-state index contributed by atoms with van der Waals surface area (Å²) in [4.78, 5) is 31.4. The molecule has 0 unspecified atom stereocenters. The first kappa shape index (κ1) is 24.7. The molecule has 2 aromatic carbocycles. The first-order valence-corrected chi connectivity index (χ1v) is 12.7. The van der Waals surface area contributed by atoms with Crippen LogP contribution in [0.4, 0.5) is 11.5 Å². The fraction of sp³-hybridized carbons (Fsp3) is 0.321. The maximum absolute atomic E-state index is 12.8. The van der Waals surface area contributed by atoms with Crippen LogP contribution < -0.4 is 10.2 Å². The van der Waals surface area contributed by atoms with E-state index < -0.39 is 0 Å². The zero-order valence-electron chi connectivity index (χ0n) is 20.7. The Balaban J connectivity index is 1.20. The van der Waals surface area contributed by atoms with Gasteiger partial charge in [-0.25, -0.2) is 19.8 Å². The van der Waals surface area contributed by atoms with Gasteiger partial charge in [-0.15, -0.1) is 0 Å². The molecule has 0 spiro atoms. The summed E-state index contributed by atoms with van der Waals surface area (Å²) in [5.74, 6) is 1.83. The lowest BCUT2D eigenvalue weighted by Crippen LogP contribution is -2.39. The lowest BCUT2D eigenvalue weighted by atomic mass is 9.96. The number of carbonyl (C=O) groups is 1. The van der Waals surface area contributed by atoms with E-state index in [1.54, 1.807) is 24.4 Å². The molecule has 37 heavy (non-hydrogen) atoms. The fourth-order valence-corrected chi connectivity index (χ4v) is 4.77. The predicted molar refractivity (Wildman–Crippen MR) is 144 cm³/mol. The van der Waals surface area contributed by atoms with Gasteiger partial charge in [-0.2, -0.15) is 0 Å². The summed E-state index contributed by atoms with van der Waals surface area (Å²) in [5, 5.41) is 3.33. The van der Waals surface area contributed by atoms with Gasteiger partial charge in [-0.1, -0.05) is 13.8 Å². The van der Waals surface area contributed by atoms with Crippen molar-refractivity contribution < 1.29 is 9.21 Å². The lowest BCUT2D eigenvalue weighted by Gasteiger charge is -2.32. The van der Waals surface area contributed by atoms with E-state index in [9.17, 15) is 4.79 Å². The molecule has 1 fully saturated rings. The van der Waals surface area contributed by atoms with Gasteiger partial charge in [0.25, 0.3) is 5.91 Å². The Morgan fingerprint density at radius 1 is 1.19 bits per heavy atom. The van der Waals surface area contributed by atoms with Crippen LogP contribution in [-0.4, -0.2) is 40.5 Å². The van der Waals surface area contributed by atoms with Gasteiger partial charge in [0.1, 0.15) is 5.82 Å². The molecule has 8 nitrogen and oxygen atoms in total. The molecule has 0 bridgehead atoms. The number of rotatable bonds is 6. The number of nitrogens with zero attached hydrogens (tertiary/aromatic N) is 5. The molecule has 0 radical (unpaired) electrons. The second kappa shape index (κ2) is 10.6. The molecule has 0 aliphatic carbocycles. The first-order valence-electron chi connectivity index (χ1n) is 12.4. The van der Waals surface area contributed by atoms with Gasteiger partial charge in [-0.3, -0.25) is 4.79 Å². The summed E-state index contributed by atoms with van der Waals surface area (Å²) >= 11 is 5.91. The second-order valence-corrected chi connectivity index (χ2v) is 9.91. The first-order chi connectivity index (χ1) is 17.9. The van der Waals surface area contributed by atoms with E-state index in [0.29, 0.717) is 40.7 Å². The minimum absolute atomic E-state index is 0.0991. The summed E-state index contributed by atoms with van der Waals surface area (Å²) in [5.41, 5.74) is 4.25. The number of benzene rings is 2. The maximum atomic E-state index is 12.8. The Labute approximate surface area is 220 Å². The van der Waals surface area contributed by atoms with E-state index in [1.807, 2.05) is 24.3 Å². The molecule has 4 aromatic rings. The van der Waals surface area contributed by atoms with Crippen LogP contribution in [0.15, 0.2) is 53.1 Å². The monoisotopic (exact) mass is 514 g/mol. The molecule has 2 aromatic heterocycles. The van der Waals surface area contributed by atoms with Crippen LogP contribution in [0.5, 0.6) is 0 Å². The summed E-state index contributed by atoms with van der Waals surface area (Å²) in [6.07, 6.45) is 3.60. The molecule has 0 saturated carbocycles. The van der Waals surface area contributed by atoms with Crippen molar-refractivity contribution in [1.29, 1.82) is 0 Å². The predicted octanol–water partition coefficient (Wildman–Crippen LogP) is 6.26. The SMILES string of the molecule is [C-]#[N+]c1cc(C(C)C)c2oc(-c3ccc(C(=O)NCC4CCN(c5ccnc(Cl)n5)CC4)cc3)nc2c1. The minimum Gasteiger partial charge on any atom is -0.436 e. The number of piperidine rings is 1. The van der Waals surface area contributed by atoms with Crippen molar-refractivity contribution >= 4 is 40.1 Å². The van der Waals surface area contributed by atoms with Crippen molar-refractivity contribution in [2.45, 2.75) is 32.6 Å². The molecule has 9 heteroatoms. The molecule has 1 aliphatic heterocycles. The van der Waals surface area contributed by atoms with Crippen molar-refractivity contribution in [3.05, 3.63) is 76.5 Å². The number of anilines is 1. The quantitative estimate of drug-likeness (QED) is 0.241. The number of fused-ring (bicyclic) bond motifs is 1. The van der Waals surface area contributed by atoms with E-state index >= 15 is 0 Å². The zero-order chi connectivity index (χ0) is 25.9. The van der Waals surface area contributed by atoms with Crippen LogP contribution in [0.1, 0.15) is 48.5 Å². The van der Waals surface area contributed by atoms with Gasteiger partial charge < -0.3 is 14.6 Å². The summed E-state index contributed by atoms with van der Waals surface area (Å²) in [6.45, 7) is 13.8. The number of amides is 1. The topological polar surface area (TPSA) is 88.5 Å². The number of hydrogen-bond donors (Lipinski definition) is 1. The largest absolute Gasteiger partial charge is 0.436 e. The Hall–Kier alpha value is -3.96. The highest BCUT2D eigenvalue weighted by Gasteiger charge is 2.21. The van der Waals surface area contributed by atoms with Crippen molar-refractivity contribution in [2.24, 2.45) is 5.92 Å². The average Bonchev–Trinajstić information content (AvgIpc) is 3.35. The van der Waals surface area contributed by atoms with Gasteiger partial charge in [0.15, 0.2) is 11.3 Å². The highest BCUT2D eigenvalue weighted by atomic mass is 35.5. The van der Waals surface area contributed by atoms with Crippen LogP contribution in [0.2, 0.25) is 5.28 Å². The molecule has 5 rings (SSSR count). The zero-order valence-corrected chi connectivity index (χ0v) is 21.5. The smallest absolute Gasteiger partial charge is 0.251 e. The van der Waals surface area contributed by atoms with Crippen LogP contribution in [0.3, 0.4) is 0 Å². The Kier molecular flexibility index (Phi) is 7.06. The number of halogens is 1. The summed E-state index contributed by atoms with van der Waals surface area (Å²) in [7, 11) is 0. The number of oxazole rings is 1. The highest BCUT2D eigenvalue weighted by Crippen LogP contribution is 2.34. The van der Waals surface area contributed by atoms with Gasteiger partial charge in [0, 0.05) is 37.0 Å². The number of carbonyl (C=O) groups excluding carboxylic acids is 1. The van der Waals surface area contributed by atoms with Gasteiger partial charge in [-0.05, 0) is 84.3 Å². The second-order valence-electron chi connectivity index (χ2n) is 9.57. The minimum atomic E-state index is -0.0991. The number of hydrogen-bond acceptors (Lipinski definition) is 6. The Bertz CT molecular complexity index is 1470. The molecular weight excluding hydrogens is 488 g/mol. The van der Waals surface area contributed by atoms with Crippen LogP contribution in [0.25, 0.3) is 27.4 Å².